The summed E-state index contributed by atoms with van der Waals surface area (Å²) >= 11 is 6.86. The second-order valence-electron chi connectivity index (χ2n) is 7.45. The Morgan fingerprint density at radius 1 is 1.15 bits per heavy atom. The lowest BCUT2D eigenvalue weighted by Gasteiger charge is -2.31. The molecule has 1 aromatic carbocycles. The zero-order valence-electron chi connectivity index (χ0n) is 17.0. The molecule has 33 heavy (non-hydrogen) atoms. The van der Waals surface area contributed by atoms with Crippen molar-refractivity contribution in [1.82, 2.24) is 20.3 Å². The van der Waals surface area contributed by atoms with Crippen LogP contribution in [0.15, 0.2) is 54.7 Å². The van der Waals surface area contributed by atoms with E-state index < -0.39 is 41.4 Å². The molecule has 1 fully saturated rings. The van der Waals surface area contributed by atoms with Crippen molar-refractivity contribution in [3.63, 3.8) is 0 Å². The van der Waals surface area contributed by atoms with Crippen LogP contribution in [-0.2, 0) is 9.59 Å². The van der Waals surface area contributed by atoms with Crippen LogP contribution in [0.25, 0.3) is 10.4 Å². The predicted octanol–water partition coefficient (Wildman–Crippen LogP) is 3.98. The molecule has 1 saturated carbocycles. The molecule has 1 N–H and O–H groups in total. The Bertz CT molecular complexity index is 1130. The summed E-state index contributed by atoms with van der Waals surface area (Å²) < 4.78 is 41.6. The van der Waals surface area contributed by atoms with E-state index in [0.717, 1.165) is 15.3 Å². The quantitative estimate of drug-likeness (QED) is 0.501. The minimum absolute atomic E-state index is 0.101. The van der Waals surface area contributed by atoms with Crippen molar-refractivity contribution in [3.8, 4) is 10.4 Å². The van der Waals surface area contributed by atoms with Gasteiger partial charge in [-0.05, 0) is 17.7 Å². The van der Waals surface area contributed by atoms with Gasteiger partial charge >= 0.3 is 0 Å². The number of rotatable bonds is 7. The minimum Gasteiger partial charge on any atom is -0.345 e. The van der Waals surface area contributed by atoms with Gasteiger partial charge in [0.05, 0.1) is 10.4 Å². The first kappa shape index (κ1) is 23.1. The van der Waals surface area contributed by atoms with Crippen molar-refractivity contribution in [3.05, 3.63) is 60.3 Å². The summed E-state index contributed by atoms with van der Waals surface area (Å²) in [6.45, 7) is 1.29. The number of benzene rings is 1. The molecule has 0 spiro atoms. The topological polar surface area (TPSA) is 88.1 Å². The van der Waals surface area contributed by atoms with Crippen molar-refractivity contribution in [1.29, 1.82) is 0 Å². The Morgan fingerprint density at radius 2 is 1.79 bits per heavy atom. The van der Waals surface area contributed by atoms with E-state index in [9.17, 15) is 22.8 Å². The largest absolute Gasteiger partial charge is 0.345 e. The molecule has 172 valence electrons. The number of hydrogen-bond acceptors (Lipinski definition) is 6. The van der Waals surface area contributed by atoms with Gasteiger partial charge in [-0.1, -0.05) is 30.7 Å². The van der Waals surface area contributed by atoms with Crippen LogP contribution in [0.5, 0.6) is 0 Å². The Hall–Kier alpha value is -3.05. The SMILES string of the molecule is C[C@H]1[C@H](NC(=O)C(c2cncnc2)N(C(=O)[C@H](F)Cl)c2ccc(-c3cncs3)cc2)C1(F)F. The van der Waals surface area contributed by atoms with Crippen LogP contribution >= 0.6 is 22.9 Å². The first-order valence-electron chi connectivity index (χ1n) is 9.75. The van der Waals surface area contributed by atoms with E-state index in [1.165, 1.54) is 49.1 Å². The van der Waals surface area contributed by atoms with E-state index in [1.54, 1.807) is 23.8 Å². The highest BCUT2D eigenvalue weighted by molar-refractivity contribution is 7.13. The van der Waals surface area contributed by atoms with Crippen LogP contribution < -0.4 is 10.2 Å². The second-order valence-corrected chi connectivity index (χ2v) is 8.71. The number of carbonyl (C=O) groups excluding carboxylic acids is 2. The third kappa shape index (κ3) is 4.55. The van der Waals surface area contributed by atoms with Gasteiger partial charge in [0, 0.05) is 35.8 Å². The van der Waals surface area contributed by atoms with Crippen LogP contribution in [0.3, 0.4) is 0 Å². The molecule has 3 aromatic rings. The van der Waals surface area contributed by atoms with E-state index in [4.69, 9.17) is 11.6 Å². The van der Waals surface area contributed by atoms with Crippen molar-refractivity contribution < 1.29 is 22.8 Å². The van der Waals surface area contributed by atoms with Gasteiger partial charge in [-0.3, -0.25) is 19.5 Å². The van der Waals surface area contributed by atoms with Crippen LogP contribution in [0.1, 0.15) is 18.5 Å². The smallest absolute Gasteiger partial charge is 0.278 e. The maximum absolute atomic E-state index is 14.0. The number of amides is 2. The summed E-state index contributed by atoms with van der Waals surface area (Å²) in [4.78, 5) is 39.4. The number of alkyl halides is 4. The van der Waals surface area contributed by atoms with Crippen molar-refractivity contribution in [2.75, 3.05) is 4.90 Å². The van der Waals surface area contributed by atoms with Crippen molar-refractivity contribution >= 4 is 40.4 Å². The summed E-state index contributed by atoms with van der Waals surface area (Å²) in [5.74, 6) is -6.31. The lowest BCUT2D eigenvalue weighted by atomic mass is 10.1. The number of anilines is 1. The maximum atomic E-state index is 14.0. The van der Waals surface area contributed by atoms with Gasteiger partial charge in [0.2, 0.25) is 5.91 Å². The number of nitrogens with zero attached hydrogens (tertiary/aromatic N) is 4. The Morgan fingerprint density at radius 3 is 2.30 bits per heavy atom. The first-order chi connectivity index (χ1) is 15.7. The molecule has 1 aliphatic carbocycles. The summed E-state index contributed by atoms with van der Waals surface area (Å²) in [6, 6.07) is 3.40. The van der Waals surface area contributed by atoms with Gasteiger partial charge in [0.1, 0.15) is 18.4 Å². The standard InChI is InChI=1S/C21H17ClF3N5O2S/c1-11-17(21(11,24)25)29-19(31)16(13-6-26-9-27-7-13)30(20(32)18(22)23)14-4-2-12(3-5-14)15-8-28-10-33-15/h2-11,16-18H,1H3,(H,29,31)/t11-,16?,17-,18-/m0/s1. The number of thiazole rings is 1. The van der Waals surface area contributed by atoms with E-state index in [1.807, 2.05) is 0 Å². The number of carbonyl (C=O) groups is 2. The molecule has 1 aliphatic rings. The van der Waals surface area contributed by atoms with Crippen LogP contribution in [0, 0.1) is 5.92 Å². The molecular formula is C21H17ClF3N5O2S. The molecule has 7 nitrogen and oxygen atoms in total. The fourth-order valence-corrected chi connectivity index (χ4v) is 4.19. The molecule has 2 aromatic heterocycles. The zero-order valence-corrected chi connectivity index (χ0v) is 18.6. The van der Waals surface area contributed by atoms with Gasteiger partial charge in [0.15, 0.2) is 0 Å². The second kappa shape index (κ2) is 9.06. The summed E-state index contributed by atoms with van der Waals surface area (Å²) in [5.41, 5.74) is 0.198. The van der Waals surface area contributed by atoms with Crippen molar-refractivity contribution in [2.45, 2.75) is 30.6 Å². The minimum atomic E-state index is -3.08. The number of nitrogens with one attached hydrogen (secondary N) is 1. The average molecular weight is 496 g/mol. The number of hydrogen-bond donors (Lipinski definition) is 1. The number of halogens is 4. The lowest BCUT2D eigenvalue weighted by molar-refractivity contribution is -0.128. The van der Waals surface area contributed by atoms with Gasteiger partial charge in [-0.25, -0.2) is 23.1 Å². The van der Waals surface area contributed by atoms with Crippen molar-refractivity contribution in [2.24, 2.45) is 5.92 Å². The molecule has 1 unspecified atom stereocenters. The first-order valence-corrected chi connectivity index (χ1v) is 11.1. The van der Waals surface area contributed by atoms with E-state index >= 15 is 0 Å². The van der Waals surface area contributed by atoms with Crippen LogP contribution in [0.2, 0.25) is 0 Å². The molecule has 12 heteroatoms. The Balaban J connectivity index is 1.74. The third-order valence-electron chi connectivity index (χ3n) is 5.40. The molecule has 0 radical (unpaired) electrons. The van der Waals surface area contributed by atoms with Gasteiger partial charge in [-0.15, -0.1) is 11.3 Å². The molecule has 0 bridgehead atoms. The highest BCUT2D eigenvalue weighted by atomic mass is 35.5. The van der Waals surface area contributed by atoms with Gasteiger partial charge in [0.25, 0.3) is 17.5 Å². The maximum Gasteiger partial charge on any atom is 0.278 e. The number of aromatic nitrogens is 3. The predicted molar refractivity (Wildman–Crippen MR) is 117 cm³/mol. The molecule has 2 heterocycles. The molecule has 4 atom stereocenters. The molecule has 0 saturated heterocycles. The Kier molecular flexibility index (Phi) is 6.35. The van der Waals surface area contributed by atoms with E-state index in [0.29, 0.717) is 0 Å². The highest BCUT2D eigenvalue weighted by Gasteiger charge is 2.66. The van der Waals surface area contributed by atoms with Gasteiger partial charge < -0.3 is 5.32 Å². The van der Waals surface area contributed by atoms with Crippen LogP contribution in [0.4, 0.5) is 18.9 Å². The lowest BCUT2D eigenvalue weighted by Crippen LogP contribution is -2.47. The highest BCUT2D eigenvalue weighted by Crippen LogP contribution is 2.48. The summed E-state index contributed by atoms with van der Waals surface area (Å²) in [5, 5.41) is 2.26. The molecular weight excluding hydrogens is 479 g/mol. The molecule has 4 rings (SSSR count). The average Bonchev–Trinajstić information content (AvgIpc) is 3.19. The van der Waals surface area contributed by atoms with E-state index in [-0.39, 0.29) is 11.3 Å². The molecule has 2 amide bonds. The van der Waals surface area contributed by atoms with Gasteiger partial charge in [-0.2, -0.15) is 0 Å². The van der Waals surface area contributed by atoms with Crippen LogP contribution in [-0.4, -0.2) is 44.4 Å². The monoisotopic (exact) mass is 495 g/mol. The third-order valence-corrected chi connectivity index (χ3v) is 6.41. The normalized spacial score (nSPS) is 20.5. The summed E-state index contributed by atoms with van der Waals surface area (Å²) in [7, 11) is 0. The fraction of sp³-hybridized carbons (Fsp3) is 0.286. The fourth-order valence-electron chi connectivity index (χ4n) is 3.46. The molecule has 0 aliphatic heterocycles. The summed E-state index contributed by atoms with van der Waals surface area (Å²) in [6.07, 6.45) is 5.36. The zero-order chi connectivity index (χ0) is 23.8. The Labute approximate surface area is 195 Å². The van der Waals surface area contributed by atoms with E-state index in [2.05, 4.69) is 20.3 Å².